The number of urea groups is 1. The van der Waals surface area contributed by atoms with Gasteiger partial charge in [-0.3, -0.25) is 4.79 Å². The van der Waals surface area contributed by atoms with Crippen molar-refractivity contribution in [2.24, 2.45) is 0 Å². The van der Waals surface area contributed by atoms with E-state index in [0.29, 0.717) is 29.4 Å². The first-order valence-corrected chi connectivity index (χ1v) is 9.77. The monoisotopic (exact) mass is 405 g/mol. The first kappa shape index (κ1) is 19.0. The lowest BCUT2D eigenvalue weighted by Crippen LogP contribution is -2.29. The Morgan fingerprint density at radius 1 is 0.966 bits per heavy atom. The number of halogens is 1. The molecular weight excluding hydrogens is 386 g/mol. The molecule has 1 aliphatic rings. The molecule has 0 unspecified atom stereocenters. The van der Waals surface area contributed by atoms with Gasteiger partial charge in [0.15, 0.2) is 0 Å². The van der Waals surface area contributed by atoms with E-state index in [9.17, 15) is 9.59 Å². The molecule has 0 fully saturated rings. The Balaban J connectivity index is 1.39. The minimum Gasteiger partial charge on any atom is -0.334 e. The van der Waals surface area contributed by atoms with Crippen LogP contribution in [-0.2, 0) is 13.0 Å². The van der Waals surface area contributed by atoms with Crippen LogP contribution in [0.4, 0.5) is 16.2 Å². The Labute approximate surface area is 174 Å². The lowest BCUT2D eigenvalue weighted by molar-refractivity contribution is 0.0989. The number of carbonyl (C=O) groups excluding carboxylic acids is 2. The van der Waals surface area contributed by atoms with Crippen LogP contribution in [0.3, 0.4) is 0 Å². The van der Waals surface area contributed by atoms with Crippen LogP contribution in [0.2, 0.25) is 5.02 Å². The summed E-state index contributed by atoms with van der Waals surface area (Å²) in [5.74, 6) is 0.0103. The summed E-state index contributed by atoms with van der Waals surface area (Å²) < 4.78 is 0. The van der Waals surface area contributed by atoms with Gasteiger partial charge in [-0.25, -0.2) is 4.79 Å². The van der Waals surface area contributed by atoms with Gasteiger partial charge in [0, 0.05) is 35.1 Å². The fourth-order valence-electron chi connectivity index (χ4n) is 3.44. The Morgan fingerprint density at radius 2 is 1.79 bits per heavy atom. The lowest BCUT2D eigenvalue weighted by atomic mass is 10.1. The third-order valence-corrected chi connectivity index (χ3v) is 5.08. The predicted octanol–water partition coefficient (Wildman–Crippen LogP) is 4.86. The molecule has 2 N–H and O–H groups in total. The molecule has 29 heavy (non-hydrogen) atoms. The number of amides is 3. The molecule has 146 valence electrons. The summed E-state index contributed by atoms with van der Waals surface area (Å²) in [6, 6.07) is 21.9. The van der Waals surface area contributed by atoms with Gasteiger partial charge in [0.1, 0.15) is 0 Å². The maximum absolute atomic E-state index is 12.8. The fourth-order valence-corrected chi connectivity index (χ4v) is 3.63. The minimum atomic E-state index is -0.298. The van der Waals surface area contributed by atoms with Gasteiger partial charge in [-0.05, 0) is 53.9 Å². The van der Waals surface area contributed by atoms with E-state index in [0.717, 1.165) is 23.2 Å². The van der Waals surface area contributed by atoms with E-state index in [1.165, 1.54) is 0 Å². The van der Waals surface area contributed by atoms with E-state index < -0.39 is 0 Å². The van der Waals surface area contributed by atoms with Crippen molar-refractivity contribution < 1.29 is 9.59 Å². The van der Waals surface area contributed by atoms with Crippen LogP contribution in [0.15, 0.2) is 72.8 Å². The molecule has 3 aromatic carbocycles. The second-order valence-electron chi connectivity index (χ2n) is 6.85. The maximum atomic E-state index is 12.8. The number of carbonyl (C=O) groups is 2. The first-order valence-electron chi connectivity index (χ1n) is 9.39. The highest BCUT2D eigenvalue weighted by Crippen LogP contribution is 2.30. The lowest BCUT2D eigenvalue weighted by Gasteiger charge is -2.17. The van der Waals surface area contributed by atoms with Crippen molar-refractivity contribution in [3.63, 3.8) is 0 Å². The first-order chi connectivity index (χ1) is 14.1. The molecule has 1 aliphatic heterocycles. The number of nitrogens with one attached hydrogen (secondary N) is 2. The summed E-state index contributed by atoms with van der Waals surface area (Å²) in [7, 11) is 0. The quantitative estimate of drug-likeness (QED) is 0.650. The van der Waals surface area contributed by atoms with Crippen molar-refractivity contribution in [1.29, 1.82) is 0 Å². The molecule has 6 heteroatoms. The Hall–Kier alpha value is -3.31. The van der Waals surface area contributed by atoms with E-state index >= 15 is 0 Å². The van der Waals surface area contributed by atoms with Gasteiger partial charge < -0.3 is 15.5 Å². The molecule has 1 heterocycles. The molecule has 0 spiro atoms. The van der Waals surface area contributed by atoms with Crippen molar-refractivity contribution in [3.05, 3.63) is 94.5 Å². The second-order valence-corrected chi connectivity index (χ2v) is 7.29. The zero-order valence-electron chi connectivity index (χ0n) is 15.7. The molecule has 0 radical (unpaired) electrons. The molecule has 0 atom stereocenters. The zero-order chi connectivity index (χ0) is 20.2. The number of benzene rings is 3. The Bertz CT molecular complexity index is 1050. The van der Waals surface area contributed by atoms with E-state index in [2.05, 4.69) is 10.6 Å². The molecule has 0 bridgehead atoms. The van der Waals surface area contributed by atoms with Gasteiger partial charge in [-0.15, -0.1) is 0 Å². The van der Waals surface area contributed by atoms with E-state index in [1.54, 1.807) is 24.3 Å². The zero-order valence-corrected chi connectivity index (χ0v) is 16.4. The maximum Gasteiger partial charge on any atom is 0.319 e. The summed E-state index contributed by atoms with van der Waals surface area (Å²) in [6.45, 7) is 1.06. The van der Waals surface area contributed by atoms with Crippen LogP contribution in [0.5, 0.6) is 0 Å². The van der Waals surface area contributed by atoms with Crippen molar-refractivity contribution in [3.8, 4) is 0 Å². The Kier molecular flexibility index (Phi) is 5.49. The summed E-state index contributed by atoms with van der Waals surface area (Å²) in [4.78, 5) is 26.7. The van der Waals surface area contributed by atoms with E-state index in [4.69, 9.17) is 11.6 Å². The van der Waals surface area contributed by atoms with Crippen molar-refractivity contribution >= 4 is 34.9 Å². The molecule has 4 rings (SSSR count). The predicted molar refractivity (Wildman–Crippen MR) is 116 cm³/mol. The smallest absolute Gasteiger partial charge is 0.319 e. The Morgan fingerprint density at radius 3 is 2.59 bits per heavy atom. The van der Waals surface area contributed by atoms with Crippen LogP contribution >= 0.6 is 11.6 Å². The summed E-state index contributed by atoms with van der Waals surface area (Å²) in [5.41, 5.74) is 4.36. The highest BCUT2D eigenvalue weighted by molar-refractivity contribution is 6.30. The molecule has 3 amide bonds. The van der Waals surface area contributed by atoms with Gasteiger partial charge in [-0.2, -0.15) is 0 Å². The molecule has 3 aromatic rings. The van der Waals surface area contributed by atoms with Crippen LogP contribution in [0, 0.1) is 0 Å². The number of rotatable bonds is 4. The average molecular weight is 406 g/mol. The van der Waals surface area contributed by atoms with Gasteiger partial charge >= 0.3 is 6.03 Å². The highest BCUT2D eigenvalue weighted by atomic mass is 35.5. The summed E-state index contributed by atoms with van der Waals surface area (Å²) in [5, 5.41) is 6.17. The van der Waals surface area contributed by atoms with Crippen LogP contribution < -0.4 is 15.5 Å². The van der Waals surface area contributed by atoms with Gasteiger partial charge in [0.05, 0.1) is 0 Å². The molecule has 0 aromatic heterocycles. The van der Waals surface area contributed by atoms with Gasteiger partial charge in [0.25, 0.3) is 5.91 Å². The van der Waals surface area contributed by atoms with Gasteiger partial charge in [0.2, 0.25) is 0 Å². The van der Waals surface area contributed by atoms with Crippen molar-refractivity contribution in [2.45, 2.75) is 13.0 Å². The summed E-state index contributed by atoms with van der Waals surface area (Å²) >= 11 is 5.93. The van der Waals surface area contributed by atoms with Crippen LogP contribution in [0.25, 0.3) is 0 Å². The molecule has 0 aliphatic carbocycles. The molecule has 5 nitrogen and oxygen atoms in total. The molecule has 0 saturated carbocycles. The number of anilines is 2. The number of hydrogen-bond donors (Lipinski definition) is 2. The number of hydrogen-bond acceptors (Lipinski definition) is 2. The number of nitrogens with zero attached hydrogens (tertiary/aromatic N) is 1. The average Bonchev–Trinajstić information content (AvgIpc) is 3.15. The van der Waals surface area contributed by atoms with Crippen molar-refractivity contribution in [1.82, 2.24) is 5.32 Å². The van der Waals surface area contributed by atoms with Crippen molar-refractivity contribution in [2.75, 3.05) is 16.8 Å². The number of fused-ring (bicyclic) bond motifs is 1. The third-order valence-electron chi connectivity index (χ3n) is 4.84. The highest BCUT2D eigenvalue weighted by Gasteiger charge is 2.25. The molecular formula is C23H20ClN3O2. The third kappa shape index (κ3) is 4.41. The SMILES string of the molecule is O=C(NCc1ccc2c(c1)CCN2C(=O)c1ccccc1)Nc1cccc(Cl)c1. The molecule has 0 saturated heterocycles. The van der Waals surface area contributed by atoms with E-state index in [1.807, 2.05) is 53.4 Å². The van der Waals surface area contributed by atoms with Crippen LogP contribution in [-0.4, -0.2) is 18.5 Å². The second kappa shape index (κ2) is 8.37. The minimum absolute atomic E-state index is 0.0103. The standard InChI is InChI=1S/C23H20ClN3O2/c24-19-7-4-8-20(14-19)26-23(29)25-15-16-9-10-21-18(13-16)11-12-27(21)22(28)17-5-2-1-3-6-17/h1-10,13-14H,11-12,15H2,(H2,25,26,29). The van der Waals surface area contributed by atoms with Gasteiger partial charge in [-0.1, -0.05) is 48.0 Å². The topological polar surface area (TPSA) is 61.4 Å². The van der Waals surface area contributed by atoms with Crippen LogP contribution in [0.1, 0.15) is 21.5 Å². The normalized spacial score (nSPS) is 12.4. The largest absolute Gasteiger partial charge is 0.334 e. The van der Waals surface area contributed by atoms with E-state index in [-0.39, 0.29) is 11.9 Å². The fraction of sp³-hybridized carbons (Fsp3) is 0.130. The summed E-state index contributed by atoms with van der Waals surface area (Å²) in [6.07, 6.45) is 0.802.